The molecule has 1 amide bonds. The summed E-state index contributed by atoms with van der Waals surface area (Å²) in [6.45, 7) is 0.752. The standard InChI is InChI=1S/C20H21N3O3S2/c1-25-13-5-6-17(26-2)15(10-13)16-4-3-8-23(16)18(24)11-28-20-14-7-9-27-19(14)21-12-22-20/h5-7,9-10,12,16H,3-4,8,11H2,1-2H3. The highest BCUT2D eigenvalue weighted by molar-refractivity contribution is 8.00. The Morgan fingerprint density at radius 1 is 1.29 bits per heavy atom. The van der Waals surface area contributed by atoms with Crippen molar-refractivity contribution in [3.63, 3.8) is 0 Å². The summed E-state index contributed by atoms with van der Waals surface area (Å²) in [5.41, 5.74) is 1.000. The first kappa shape index (κ1) is 19.0. The molecule has 1 aromatic carbocycles. The molecule has 0 saturated carbocycles. The van der Waals surface area contributed by atoms with Crippen LogP contribution in [0, 0.1) is 0 Å². The molecule has 1 aliphatic heterocycles. The van der Waals surface area contributed by atoms with E-state index in [1.165, 1.54) is 11.8 Å². The summed E-state index contributed by atoms with van der Waals surface area (Å²) in [4.78, 5) is 24.5. The highest BCUT2D eigenvalue weighted by Gasteiger charge is 2.32. The van der Waals surface area contributed by atoms with Crippen LogP contribution >= 0.6 is 23.1 Å². The molecule has 0 bridgehead atoms. The van der Waals surface area contributed by atoms with E-state index in [-0.39, 0.29) is 11.9 Å². The van der Waals surface area contributed by atoms with Crippen LogP contribution in [0.25, 0.3) is 10.2 Å². The van der Waals surface area contributed by atoms with E-state index in [4.69, 9.17) is 9.47 Å². The van der Waals surface area contributed by atoms with E-state index in [0.717, 1.165) is 51.7 Å². The Hall–Kier alpha value is -2.32. The van der Waals surface area contributed by atoms with Gasteiger partial charge in [-0.1, -0.05) is 11.8 Å². The summed E-state index contributed by atoms with van der Waals surface area (Å²) >= 11 is 3.05. The average Bonchev–Trinajstić information content (AvgIpc) is 3.41. The molecule has 28 heavy (non-hydrogen) atoms. The zero-order valence-electron chi connectivity index (χ0n) is 15.8. The first-order valence-electron chi connectivity index (χ1n) is 9.03. The molecular weight excluding hydrogens is 394 g/mol. The lowest BCUT2D eigenvalue weighted by molar-refractivity contribution is -0.129. The maximum absolute atomic E-state index is 13.0. The van der Waals surface area contributed by atoms with Crippen LogP contribution in [-0.2, 0) is 4.79 Å². The van der Waals surface area contributed by atoms with E-state index >= 15 is 0 Å². The third kappa shape index (κ3) is 3.66. The number of nitrogens with zero attached hydrogens (tertiary/aromatic N) is 3. The molecule has 146 valence electrons. The molecule has 6 nitrogen and oxygen atoms in total. The Morgan fingerprint density at radius 2 is 2.18 bits per heavy atom. The Morgan fingerprint density at radius 3 is 3.00 bits per heavy atom. The van der Waals surface area contributed by atoms with E-state index in [1.54, 1.807) is 31.9 Å². The quantitative estimate of drug-likeness (QED) is 0.445. The number of carbonyl (C=O) groups excluding carboxylic acids is 1. The Balaban J connectivity index is 1.52. The van der Waals surface area contributed by atoms with Crippen LogP contribution in [0.5, 0.6) is 11.5 Å². The van der Waals surface area contributed by atoms with Gasteiger partial charge in [0.2, 0.25) is 5.91 Å². The number of benzene rings is 1. The number of likely N-dealkylation sites (tertiary alicyclic amines) is 1. The molecule has 3 aromatic rings. The van der Waals surface area contributed by atoms with Gasteiger partial charge in [-0.2, -0.15) is 0 Å². The number of carbonyl (C=O) groups is 1. The van der Waals surface area contributed by atoms with Gasteiger partial charge in [-0.3, -0.25) is 4.79 Å². The second kappa shape index (κ2) is 8.36. The number of aromatic nitrogens is 2. The van der Waals surface area contributed by atoms with Gasteiger partial charge < -0.3 is 14.4 Å². The van der Waals surface area contributed by atoms with Crippen molar-refractivity contribution < 1.29 is 14.3 Å². The molecule has 1 unspecified atom stereocenters. The summed E-state index contributed by atoms with van der Waals surface area (Å²) in [6.07, 6.45) is 3.46. The average molecular weight is 416 g/mol. The second-order valence-electron chi connectivity index (χ2n) is 6.46. The highest BCUT2D eigenvalue weighted by atomic mass is 32.2. The number of rotatable bonds is 6. The number of thiophene rings is 1. The van der Waals surface area contributed by atoms with Crippen LogP contribution in [0.3, 0.4) is 0 Å². The summed E-state index contributed by atoms with van der Waals surface area (Å²) in [6, 6.07) is 7.76. The molecule has 0 spiro atoms. The van der Waals surface area contributed by atoms with Crippen molar-refractivity contribution in [3.8, 4) is 11.5 Å². The zero-order chi connectivity index (χ0) is 19.5. The van der Waals surface area contributed by atoms with Gasteiger partial charge >= 0.3 is 0 Å². The molecule has 0 N–H and O–H groups in total. The van der Waals surface area contributed by atoms with Gasteiger partial charge in [0.25, 0.3) is 0 Å². The topological polar surface area (TPSA) is 64.6 Å². The first-order valence-corrected chi connectivity index (χ1v) is 10.9. The fourth-order valence-corrected chi connectivity index (χ4v) is 5.25. The van der Waals surface area contributed by atoms with Crippen LogP contribution in [0.15, 0.2) is 41.0 Å². The molecule has 8 heteroatoms. The molecule has 4 rings (SSSR count). The van der Waals surface area contributed by atoms with Crippen molar-refractivity contribution in [1.29, 1.82) is 0 Å². The predicted octanol–water partition coefficient (Wildman–Crippen LogP) is 4.16. The second-order valence-corrected chi connectivity index (χ2v) is 8.32. The maximum Gasteiger partial charge on any atom is 0.233 e. The van der Waals surface area contributed by atoms with Crippen LogP contribution in [-0.4, -0.2) is 47.3 Å². The van der Waals surface area contributed by atoms with Gasteiger partial charge in [0.05, 0.1) is 26.0 Å². The minimum Gasteiger partial charge on any atom is -0.497 e. The third-order valence-corrected chi connectivity index (χ3v) is 6.74. The SMILES string of the molecule is COc1ccc(OC)c(C2CCCN2C(=O)CSc2ncnc3sccc23)c1. The summed E-state index contributed by atoms with van der Waals surface area (Å²) < 4.78 is 10.9. The largest absolute Gasteiger partial charge is 0.497 e. The lowest BCUT2D eigenvalue weighted by Gasteiger charge is -2.26. The van der Waals surface area contributed by atoms with Crippen molar-refractivity contribution in [3.05, 3.63) is 41.5 Å². The molecular formula is C20H21N3O3S2. The van der Waals surface area contributed by atoms with Crippen LogP contribution in [0.2, 0.25) is 0 Å². The first-order chi connectivity index (χ1) is 13.7. The number of thioether (sulfide) groups is 1. The van der Waals surface area contributed by atoms with Gasteiger partial charge in [-0.15, -0.1) is 11.3 Å². The minimum atomic E-state index is 0.00437. The normalized spacial score (nSPS) is 16.5. The Labute approximate surface area is 171 Å². The monoisotopic (exact) mass is 415 g/mol. The van der Waals surface area contributed by atoms with Crippen LogP contribution in [0.4, 0.5) is 0 Å². The number of hydrogen-bond acceptors (Lipinski definition) is 7. The van der Waals surface area contributed by atoms with Crippen molar-refractivity contribution in [2.45, 2.75) is 23.9 Å². The molecule has 0 radical (unpaired) electrons. The van der Waals surface area contributed by atoms with Crippen LogP contribution in [0.1, 0.15) is 24.4 Å². The van der Waals surface area contributed by atoms with E-state index in [1.807, 2.05) is 34.5 Å². The number of methoxy groups -OCH3 is 2. The third-order valence-electron chi connectivity index (χ3n) is 4.93. The fourth-order valence-electron chi connectivity index (χ4n) is 3.58. The molecule has 1 fully saturated rings. The van der Waals surface area contributed by atoms with E-state index in [2.05, 4.69) is 9.97 Å². The molecule has 1 atom stereocenters. The van der Waals surface area contributed by atoms with Gasteiger partial charge in [-0.05, 0) is 42.5 Å². The van der Waals surface area contributed by atoms with Gasteiger partial charge in [0, 0.05) is 17.5 Å². The maximum atomic E-state index is 13.0. The van der Waals surface area contributed by atoms with E-state index < -0.39 is 0 Å². The fraction of sp³-hybridized carbons (Fsp3) is 0.350. The molecule has 1 saturated heterocycles. The number of ether oxygens (including phenoxy) is 2. The number of hydrogen-bond donors (Lipinski definition) is 0. The molecule has 0 aliphatic carbocycles. The Bertz CT molecular complexity index is 992. The number of amides is 1. The molecule has 1 aliphatic rings. The molecule has 3 heterocycles. The lowest BCUT2D eigenvalue weighted by atomic mass is 10.0. The van der Waals surface area contributed by atoms with Crippen molar-refractivity contribution in [2.24, 2.45) is 0 Å². The van der Waals surface area contributed by atoms with Gasteiger partial charge in [0.1, 0.15) is 27.7 Å². The van der Waals surface area contributed by atoms with E-state index in [0.29, 0.717) is 5.75 Å². The van der Waals surface area contributed by atoms with Gasteiger partial charge in [-0.25, -0.2) is 9.97 Å². The zero-order valence-corrected chi connectivity index (χ0v) is 17.4. The number of fused-ring (bicyclic) bond motifs is 1. The highest BCUT2D eigenvalue weighted by Crippen LogP contribution is 2.39. The van der Waals surface area contributed by atoms with Gasteiger partial charge in [0.15, 0.2) is 0 Å². The van der Waals surface area contributed by atoms with Crippen molar-refractivity contribution in [2.75, 3.05) is 26.5 Å². The smallest absolute Gasteiger partial charge is 0.233 e. The summed E-state index contributed by atoms with van der Waals surface area (Å²) in [5.74, 6) is 2.02. The van der Waals surface area contributed by atoms with Crippen LogP contribution < -0.4 is 9.47 Å². The Kier molecular flexibility index (Phi) is 5.68. The minimum absolute atomic E-state index is 0.00437. The summed E-state index contributed by atoms with van der Waals surface area (Å²) in [7, 11) is 3.30. The summed E-state index contributed by atoms with van der Waals surface area (Å²) in [5, 5.41) is 3.86. The predicted molar refractivity (Wildman–Crippen MR) is 111 cm³/mol. The molecule has 2 aromatic heterocycles. The van der Waals surface area contributed by atoms with Crippen molar-refractivity contribution >= 4 is 39.2 Å². The van der Waals surface area contributed by atoms with E-state index in [9.17, 15) is 4.79 Å². The van der Waals surface area contributed by atoms with Crippen molar-refractivity contribution in [1.82, 2.24) is 14.9 Å². The lowest BCUT2D eigenvalue weighted by Crippen LogP contribution is -2.32.